The van der Waals surface area contributed by atoms with Gasteiger partial charge in [-0.15, -0.1) is 0 Å². The van der Waals surface area contributed by atoms with Crippen LogP contribution in [0.2, 0.25) is 0 Å². The monoisotopic (exact) mass is 590 g/mol. The quantitative estimate of drug-likeness (QED) is 0.176. The summed E-state index contributed by atoms with van der Waals surface area (Å²) >= 11 is 0. The van der Waals surface area contributed by atoms with Gasteiger partial charge in [-0.25, -0.2) is 0 Å². The number of hydrogen-bond acceptors (Lipinski definition) is 9. The second-order valence-electron chi connectivity index (χ2n) is 13.7. The summed E-state index contributed by atoms with van der Waals surface area (Å²) in [5.74, 6) is -2.71. The van der Waals surface area contributed by atoms with Crippen molar-refractivity contribution in [2.75, 3.05) is 25.2 Å². The van der Waals surface area contributed by atoms with Gasteiger partial charge < -0.3 is 29.2 Å². The Hall–Kier alpha value is -3.30. The average molecular weight is 591 g/mol. The zero-order chi connectivity index (χ0) is 31.8. The average Bonchev–Trinajstić information content (AvgIpc) is 2.86. The molecule has 0 saturated heterocycles. The molecule has 0 bridgehead atoms. The van der Waals surface area contributed by atoms with E-state index in [2.05, 4.69) is 33.0 Å². The van der Waals surface area contributed by atoms with E-state index in [0.29, 0.717) is 5.69 Å². The minimum Gasteiger partial charge on any atom is -0.454 e. The summed E-state index contributed by atoms with van der Waals surface area (Å²) in [7, 11) is 0. The zero-order valence-electron chi connectivity index (χ0n) is 27.0. The van der Waals surface area contributed by atoms with Crippen LogP contribution in [-0.4, -0.2) is 50.1 Å². The molecule has 0 radical (unpaired) electrons. The summed E-state index contributed by atoms with van der Waals surface area (Å²) < 4.78 is 22.1. The molecule has 236 valence electrons. The fourth-order valence-electron chi connectivity index (χ4n) is 5.42. The molecule has 1 aromatic carbocycles. The Bertz CT molecular complexity index is 1070. The summed E-state index contributed by atoms with van der Waals surface area (Å²) in [6, 6.07) is 4.90. The number of nitrogens with one attached hydrogen (secondary N) is 1. The van der Waals surface area contributed by atoms with Crippen molar-refractivity contribution in [2.45, 2.75) is 94.5 Å². The molecule has 0 heterocycles. The number of benzene rings is 1. The van der Waals surface area contributed by atoms with Crippen molar-refractivity contribution >= 4 is 29.5 Å². The second-order valence-corrected chi connectivity index (χ2v) is 13.7. The fraction of sp³-hybridized carbons (Fsp3) is 0.688. The highest BCUT2D eigenvalue weighted by atomic mass is 16.7. The molecule has 1 saturated carbocycles. The van der Waals surface area contributed by atoms with E-state index in [1.807, 2.05) is 0 Å². The van der Waals surface area contributed by atoms with Crippen LogP contribution < -0.4 is 15.0 Å². The maximum atomic E-state index is 13.8. The van der Waals surface area contributed by atoms with Gasteiger partial charge in [0, 0.05) is 6.04 Å². The van der Waals surface area contributed by atoms with Crippen molar-refractivity contribution in [3.05, 3.63) is 23.8 Å². The predicted molar refractivity (Wildman–Crippen MR) is 160 cm³/mol. The van der Waals surface area contributed by atoms with Gasteiger partial charge in [0.05, 0.1) is 29.0 Å². The van der Waals surface area contributed by atoms with Gasteiger partial charge in [0.25, 0.3) is 5.91 Å². The Morgan fingerprint density at radius 2 is 1.29 bits per heavy atom. The Morgan fingerprint density at radius 3 is 1.76 bits per heavy atom. The SMILES string of the molecule is CC(C)C(=O)OCOc1c(C(=O)NC2CC(C)(C)CC(C)(C)C2)cccc1N(COC(=O)C(C)C)COC(=O)C(C)C. The predicted octanol–water partition coefficient (Wildman–Crippen LogP) is 5.68. The molecule has 1 N–H and O–H groups in total. The van der Waals surface area contributed by atoms with Crippen molar-refractivity contribution in [3.8, 4) is 5.75 Å². The smallest absolute Gasteiger partial charge is 0.311 e. The Morgan fingerprint density at radius 1 is 0.810 bits per heavy atom. The molecule has 0 spiro atoms. The van der Waals surface area contributed by atoms with Gasteiger partial charge in [-0.2, -0.15) is 0 Å². The molecule has 1 aliphatic carbocycles. The maximum absolute atomic E-state index is 13.8. The number of carbonyl (C=O) groups excluding carboxylic acids is 4. The van der Waals surface area contributed by atoms with Crippen molar-refractivity contribution in [3.63, 3.8) is 0 Å². The number of ether oxygens (including phenoxy) is 4. The largest absolute Gasteiger partial charge is 0.454 e. The number of esters is 3. The summed E-state index contributed by atoms with van der Waals surface area (Å²) in [5, 5.41) is 3.18. The molecule has 0 aliphatic heterocycles. The number of hydrogen-bond donors (Lipinski definition) is 1. The summed E-state index contributed by atoms with van der Waals surface area (Å²) in [6.45, 7) is 18.1. The minimum atomic E-state index is -0.460. The fourth-order valence-corrected chi connectivity index (χ4v) is 5.42. The van der Waals surface area contributed by atoms with Gasteiger partial charge in [0.15, 0.2) is 19.2 Å². The van der Waals surface area contributed by atoms with Gasteiger partial charge in [0.1, 0.15) is 0 Å². The van der Waals surface area contributed by atoms with Crippen LogP contribution in [0.5, 0.6) is 5.75 Å². The Balaban J connectivity index is 2.47. The van der Waals surface area contributed by atoms with E-state index in [0.717, 1.165) is 19.3 Å². The first-order valence-electron chi connectivity index (χ1n) is 14.7. The van der Waals surface area contributed by atoms with Crippen LogP contribution in [0.15, 0.2) is 18.2 Å². The number of amides is 1. The number of nitrogens with zero attached hydrogens (tertiary/aromatic N) is 1. The number of anilines is 1. The molecule has 1 aromatic rings. The molecule has 0 unspecified atom stereocenters. The van der Waals surface area contributed by atoms with Crippen LogP contribution >= 0.6 is 0 Å². The van der Waals surface area contributed by atoms with E-state index in [1.54, 1.807) is 59.7 Å². The van der Waals surface area contributed by atoms with Crippen molar-refractivity contribution in [1.82, 2.24) is 5.32 Å². The minimum absolute atomic E-state index is 0.0541. The van der Waals surface area contributed by atoms with E-state index in [1.165, 1.54) is 4.90 Å². The van der Waals surface area contributed by atoms with Crippen LogP contribution in [0.1, 0.15) is 98.9 Å². The van der Waals surface area contributed by atoms with Gasteiger partial charge in [-0.1, -0.05) is 75.3 Å². The molecule has 0 aromatic heterocycles. The van der Waals surface area contributed by atoms with Crippen LogP contribution in [0.4, 0.5) is 5.69 Å². The summed E-state index contributed by atoms with van der Waals surface area (Å²) in [5.41, 5.74) is 0.664. The van der Waals surface area contributed by atoms with E-state index in [-0.39, 0.29) is 65.3 Å². The maximum Gasteiger partial charge on any atom is 0.311 e. The van der Waals surface area contributed by atoms with Crippen molar-refractivity contribution < 1.29 is 38.1 Å². The number of rotatable bonds is 13. The van der Waals surface area contributed by atoms with E-state index in [9.17, 15) is 19.2 Å². The number of para-hydroxylation sites is 1. The first kappa shape index (κ1) is 34.9. The molecular formula is C32H50N2O8. The Kier molecular flexibility index (Phi) is 12.2. The third-order valence-electron chi connectivity index (χ3n) is 7.01. The third-order valence-corrected chi connectivity index (χ3v) is 7.01. The lowest BCUT2D eigenvalue weighted by atomic mass is 9.63. The molecule has 2 rings (SSSR count). The molecular weight excluding hydrogens is 540 g/mol. The van der Waals surface area contributed by atoms with Gasteiger partial charge >= 0.3 is 17.9 Å². The molecule has 0 atom stereocenters. The first-order chi connectivity index (χ1) is 19.4. The zero-order valence-corrected chi connectivity index (χ0v) is 27.0. The molecule has 42 heavy (non-hydrogen) atoms. The summed E-state index contributed by atoms with van der Waals surface area (Å²) in [4.78, 5) is 52.0. The molecule has 1 amide bonds. The van der Waals surface area contributed by atoms with Crippen LogP contribution in [0, 0.1) is 28.6 Å². The highest BCUT2D eigenvalue weighted by Crippen LogP contribution is 2.46. The van der Waals surface area contributed by atoms with E-state index < -0.39 is 24.7 Å². The lowest BCUT2D eigenvalue weighted by Gasteiger charge is -2.45. The van der Waals surface area contributed by atoms with Crippen LogP contribution in [0.3, 0.4) is 0 Å². The standard InChI is InChI=1S/C32H50N2O8/c1-20(2)28(36)39-17-34(18-40-29(37)21(3)4)25-13-11-12-24(26(25)41-19-42-30(38)22(5)6)27(35)33-23-14-31(7,8)16-32(9,10)15-23/h11-13,20-23H,14-19H2,1-10H3,(H,33,35). The highest BCUT2D eigenvalue weighted by molar-refractivity contribution is 5.99. The lowest BCUT2D eigenvalue weighted by molar-refractivity contribution is -0.154. The molecule has 1 aliphatic rings. The summed E-state index contributed by atoms with van der Waals surface area (Å²) in [6.07, 6.45) is 2.70. The topological polar surface area (TPSA) is 120 Å². The van der Waals surface area contributed by atoms with E-state index >= 15 is 0 Å². The number of carbonyl (C=O) groups is 4. The van der Waals surface area contributed by atoms with Gasteiger partial charge in [0.2, 0.25) is 6.79 Å². The Labute approximate surface area is 250 Å². The van der Waals surface area contributed by atoms with Crippen molar-refractivity contribution in [2.24, 2.45) is 28.6 Å². The van der Waals surface area contributed by atoms with Crippen molar-refractivity contribution in [1.29, 1.82) is 0 Å². The molecule has 1 fully saturated rings. The second kappa shape index (κ2) is 14.7. The van der Waals surface area contributed by atoms with Gasteiger partial charge in [-0.3, -0.25) is 19.2 Å². The third kappa shape index (κ3) is 10.5. The lowest BCUT2D eigenvalue weighted by Crippen LogP contribution is -2.46. The normalized spacial score (nSPS) is 16.2. The molecule has 10 nitrogen and oxygen atoms in total. The molecule has 10 heteroatoms. The first-order valence-corrected chi connectivity index (χ1v) is 14.7. The van der Waals surface area contributed by atoms with Crippen LogP contribution in [0.25, 0.3) is 0 Å². The highest BCUT2D eigenvalue weighted by Gasteiger charge is 2.39. The van der Waals surface area contributed by atoms with E-state index in [4.69, 9.17) is 18.9 Å². The van der Waals surface area contributed by atoms with Gasteiger partial charge in [-0.05, 0) is 42.2 Å². The van der Waals surface area contributed by atoms with Crippen LogP contribution in [-0.2, 0) is 28.6 Å².